The molecule has 0 amide bonds. The average Bonchev–Trinajstić information content (AvgIpc) is 3.09. The first-order valence-electron chi connectivity index (χ1n) is 8.47. The van der Waals surface area contributed by atoms with Gasteiger partial charge in [-0.15, -0.1) is 0 Å². The maximum atomic E-state index is 6.95. The Morgan fingerprint density at radius 1 is 1.00 bits per heavy atom. The van der Waals surface area contributed by atoms with Crippen molar-refractivity contribution in [3.8, 4) is 0 Å². The third kappa shape index (κ3) is 2.02. The van der Waals surface area contributed by atoms with E-state index in [-0.39, 0.29) is 12.1 Å². The Labute approximate surface area is 144 Å². The molecule has 2 aromatic rings. The molecular weight excluding hydrogens is 317 g/mol. The third-order valence-corrected chi connectivity index (χ3v) is 10.5. The van der Waals surface area contributed by atoms with Crippen LogP contribution in [0.1, 0.15) is 25.5 Å². The fourth-order valence-electron chi connectivity index (χ4n) is 3.98. The predicted octanol–water partition coefficient (Wildman–Crippen LogP) is 4.64. The van der Waals surface area contributed by atoms with E-state index in [1.165, 1.54) is 10.9 Å². The van der Waals surface area contributed by atoms with Crippen molar-refractivity contribution in [1.82, 2.24) is 4.67 Å². The Kier molecular flexibility index (Phi) is 3.58. The molecule has 2 aliphatic heterocycles. The van der Waals surface area contributed by atoms with Crippen molar-refractivity contribution in [2.24, 2.45) is 0 Å². The molecule has 1 saturated heterocycles. The molecule has 0 bridgehead atoms. The Bertz CT molecular complexity index is 779. The standard InChI is InChI=1S/C20H24NO2P/c1-16-14-15-24(22-16,19-12-8-5-9-13-19)21(3)17(2)20(23-24)18-10-6-4-7-11-18/h4-14,17,20H,15H2,1-3H3/t17-,20-/m0/s1. The molecular formula is C20H24NO2P. The second-order valence-electron chi connectivity index (χ2n) is 6.75. The zero-order valence-corrected chi connectivity index (χ0v) is 15.3. The molecule has 1 spiro atoms. The van der Waals surface area contributed by atoms with E-state index in [0.29, 0.717) is 0 Å². The van der Waals surface area contributed by atoms with E-state index >= 15 is 0 Å². The predicted molar refractivity (Wildman–Crippen MR) is 100 cm³/mol. The molecule has 2 heterocycles. The van der Waals surface area contributed by atoms with Gasteiger partial charge in [-0.2, -0.15) is 0 Å². The third-order valence-electron chi connectivity index (χ3n) is 5.42. The van der Waals surface area contributed by atoms with E-state index in [9.17, 15) is 0 Å². The summed E-state index contributed by atoms with van der Waals surface area (Å²) in [5, 5.41) is 1.17. The van der Waals surface area contributed by atoms with Crippen LogP contribution in [0.4, 0.5) is 0 Å². The van der Waals surface area contributed by atoms with Crippen LogP contribution in [0.3, 0.4) is 0 Å². The van der Waals surface area contributed by atoms with Crippen LogP contribution in [0.5, 0.6) is 0 Å². The molecule has 2 aliphatic rings. The molecule has 0 radical (unpaired) electrons. The Morgan fingerprint density at radius 3 is 2.21 bits per heavy atom. The van der Waals surface area contributed by atoms with Crippen molar-refractivity contribution in [2.75, 3.05) is 13.2 Å². The summed E-state index contributed by atoms with van der Waals surface area (Å²) in [4.78, 5) is 0. The van der Waals surface area contributed by atoms with E-state index in [1.54, 1.807) is 0 Å². The van der Waals surface area contributed by atoms with Crippen LogP contribution in [0.15, 0.2) is 72.5 Å². The first-order chi connectivity index (χ1) is 11.6. The summed E-state index contributed by atoms with van der Waals surface area (Å²) >= 11 is 0. The van der Waals surface area contributed by atoms with Gasteiger partial charge in [-0.25, -0.2) is 0 Å². The fourth-order valence-corrected chi connectivity index (χ4v) is 9.16. The molecule has 24 heavy (non-hydrogen) atoms. The number of hydrogen-bond donors (Lipinski definition) is 0. The first kappa shape index (κ1) is 15.8. The zero-order chi connectivity index (χ0) is 16.8. The van der Waals surface area contributed by atoms with E-state index in [2.05, 4.69) is 73.2 Å². The van der Waals surface area contributed by atoms with Gasteiger partial charge in [-0.05, 0) is 0 Å². The van der Waals surface area contributed by atoms with Gasteiger partial charge in [-0.3, -0.25) is 0 Å². The van der Waals surface area contributed by atoms with E-state index < -0.39 is 7.21 Å². The van der Waals surface area contributed by atoms with Gasteiger partial charge in [0.05, 0.1) is 0 Å². The van der Waals surface area contributed by atoms with Crippen LogP contribution < -0.4 is 5.30 Å². The summed E-state index contributed by atoms with van der Waals surface area (Å²) < 4.78 is 15.9. The number of nitrogens with zero attached hydrogens (tertiary/aromatic N) is 1. The van der Waals surface area contributed by atoms with Gasteiger partial charge in [0.15, 0.2) is 0 Å². The number of allylic oxidation sites excluding steroid dienone is 2. The van der Waals surface area contributed by atoms with Crippen molar-refractivity contribution >= 4 is 12.5 Å². The van der Waals surface area contributed by atoms with Gasteiger partial charge in [0.2, 0.25) is 0 Å². The Morgan fingerprint density at radius 2 is 1.62 bits per heavy atom. The molecule has 0 saturated carbocycles. The number of hydrogen-bond acceptors (Lipinski definition) is 3. The monoisotopic (exact) mass is 341 g/mol. The van der Waals surface area contributed by atoms with Crippen molar-refractivity contribution in [1.29, 1.82) is 0 Å². The summed E-state index contributed by atoms with van der Waals surface area (Å²) in [6, 6.07) is 21.2. The van der Waals surface area contributed by atoms with Gasteiger partial charge in [0.1, 0.15) is 0 Å². The van der Waals surface area contributed by atoms with Crippen LogP contribution in [-0.2, 0) is 9.05 Å². The molecule has 1 fully saturated rings. The zero-order valence-electron chi connectivity index (χ0n) is 14.4. The van der Waals surface area contributed by atoms with Crippen LogP contribution in [-0.4, -0.2) is 23.9 Å². The molecule has 3 nitrogen and oxygen atoms in total. The summed E-state index contributed by atoms with van der Waals surface area (Å²) in [6.07, 6.45) is 3.00. The van der Waals surface area contributed by atoms with Gasteiger partial charge in [0, 0.05) is 0 Å². The number of rotatable bonds is 2. The Hall–Kier alpha value is -1.67. The van der Waals surface area contributed by atoms with Crippen LogP contribution in [0, 0.1) is 0 Å². The van der Waals surface area contributed by atoms with Crippen LogP contribution in [0.25, 0.3) is 0 Å². The normalized spacial score (nSPS) is 29.6. The molecule has 126 valence electrons. The second kappa shape index (κ2) is 5.42. The number of benzene rings is 2. The molecule has 0 unspecified atom stereocenters. The van der Waals surface area contributed by atoms with Crippen molar-refractivity contribution in [3.05, 3.63) is 78.1 Å². The second-order valence-corrected chi connectivity index (χ2v) is 10.8. The SMILES string of the molecule is CC1=CCP2(c3ccccc3)(O1)O[C@H](c1ccccc1)[C@H](C)N2C. The van der Waals surface area contributed by atoms with Crippen molar-refractivity contribution in [3.63, 3.8) is 0 Å². The summed E-state index contributed by atoms with van der Waals surface area (Å²) in [6.45, 7) is 4.26. The fraction of sp³-hybridized carbons (Fsp3) is 0.300. The number of likely N-dealkylation sites (N-methyl/N-ethyl adjacent to an activating group) is 1. The topological polar surface area (TPSA) is 21.7 Å². The molecule has 0 aromatic heterocycles. The van der Waals surface area contributed by atoms with E-state index in [0.717, 1.165) is 11.9 Å². The van der Waals surface area contributed by atoms with Gasteiger partial charge in [-0.1, -0.05) is 0 Å². The molecule has 4 heteroatoms. The minimum absolute atomic E-state index is 0.00775. The average molecular weight is 341 g/mol. The van der Waals surface area contributed by atoms with Crippen molar-refractivity contribution < 1.29 is 9.05 Å². The summed E-state index contributed by atoms with van der Waals surface area (Å²) in [5.41, 5.74) is 1.21. The van der Waals surface area contributed by atoms with Gasteiger partial charge in [0.25, 0.3) is 0 Å². The first-order valence-corrected chi connectivity index (χ1v) is 10.7. The minimum atomic E-state index is -3.13. The molecule has 4 rings (SSSR count). The summed E-state index contributed by atoms with van der Waals surface area (Å²) in [7, 11) is -0.972. The van der Waals surface area contributed by atoms with Crippen LogP contribution >= 0.6 is 7.21 Å². The van der Waals surface area contributed by atoms with Crippen molar-refractivity contribution in [2.45, 2.75) is 26.0 Å². The molecule has 0 aliphatic carbocycles. The van der Waals surface area contributed by atoms with E-state index in [4.69, 9.17) is 9.05 Å². The van der Waals surface area contributed by atoms with E-state index in [1.807, 2.05) is 19.1 Å². The summed E-state index contributed by atoms with van der Waals surface area (Å²) in [5.74, 6) is 0.962. The van der Waals surface area contributed by atoms with Gasteiger partial charge < -0.3 is 0 Å². The molecule has 2 atom stereocenters. The van der Waals surface area contributed by atoms with Gasteiger partial charge >= 0.3 is 143 Å². The van der Waals surface area contributed by atoms with Crippen LogP contribution in [0.2, 0.25) is 0 Å². The maximum absolute atomic E-state index is 6.95. The molecule has 2 aromatic carbocycles. The quantitative estimate of drug-likeness (QED) is 0.743. The molecule has 0 N–H and O–H groups in total. The Balaban J connectivity index is 1.87.